The Morgan fingerprint density at radius 3 is 2.48 bits per heavy atom. The van der Waals surface area contributed by atoms with Crippen LogP contribution >= 0.6 is 0 Å². The molecule has 0 radical (unpaired) electrons. The van der Waals surface area contributed by atoms with Gasteiger partial charge in [-0.15, -0.1) is 0 Å². The monoisotopic (exact) mass is 319 g/mol. The molecule has 0 amide bonds. The summed E-state index contributed by atoms with van der Waals surface area (Å²) in [6.45, 7) is 7.68. The number of nitrogens with two attached hydrogens (primary N) is 1. The quantitative estimate of drug-likeness (QED) is 0.715. The highest BCUT2D eigenvalue weighted by Crippen LogP contribution is 2.24. The number of carbonyl (C=O) groups is 1. The van der Waals surface area contributed by atoms with E-state index in [9.17, 15) is 13.2 Å². The maximum atomic E-state index is 12.0. The van der Waals surface area contributed by atoms with E-state index in [2.05, 4.69) is 10.2 Å². The first-order valence-corrected chi connectivity index (χ1v) is 8.12. The Balaban J connectivity index is 3.06. The fraction of sp³-hybridized carbons (Fsp3) is 0.667. The topological polar surface area (TPSA) is 124 Å². The lowest BCUT2D eigenvalue weighted by Gasteiger charge is -2.12. The van der Waals surface area contributed by atoms with Crippen molar-refractivity contribution in [1.82, 2.24) is 10.2 Å². The maximum absolute atomic E-state index is 12.0. The van der Waals surface area contributed by atoms with Gasteiger partial charge in [0.1, 0.15) is 11.0 Å². The number of esters is 1. The fourth-order valence-electron chi connectivity index (χ4n) is 1.72. The molecule has 0 saturated carbocycles. The van der Waals surface area contributed by atoms with E-state index >= 15 is 0 Å². The normalized spacial score (nSPS) is 13.4. The number of aromatic amines is 1. The fourth-order valence-corrected chi connectivity index (χ4v) is 2.71. The van der Waals surface area contributed by atoms with E-state index in [1.807, 2.05) is 6.92 Å². The molecule has 1 unspecified atom stereocenters. The van der Waals surface area contributed by atoms with Gasteiger partial charge < -0.3 is 9.47 Å². The van der Waals surface area contributed by atoms with E-state index in [-0.39, 0.29) is 28.8 Å². The van der Waals surface area contributed by atoms with Crippen LogP contribution < -0.4 is 5.14 Å². The van der Waals surface area contributed by atoms with Crippen LogP contribution in [0.15, 0.2) is 4.90 Å². The van der Waals surface area contributed by atoms with Gasteiger partial charge in [0.2, 0.25) is 10.0 Å². The number of nitrogens with zero attached hydrogens (tertiary/aromatic N) is 1. The van der Waals surface area contributed by atoms with E-state index in [0.29, 0.717) is 6.61 Å². The van der Waals surface area contributed by atoms with Gasteiger partial charge in [0.25, 0.3) is 0 Å². The van der Waals surface area contributed by atoms with Crippen LogP contribution in [-0.4, -0.2) is 43.9 Å². The summed E-state index contributed by atoms with van der Waals surface area (Å²) in [7, 11) is -4.09. The summed E-state index contributed by atoms with van der Waals surface area (Å²) in [6, 6.07) is 0. The minimum absolute atomic E-state index is 0.187. The van der Waals surface area contributed by atoms with Crippen LogP contribution in [0.3, 0.4) is 0 Å². The number of hydrogen-bond acceptors (Lipinski definition) is 6. The Bertz CT molecular complexity index is 594. The lowest BCUT2D eigenvalue weighted by Crippen LogP contribution is -2.23. The highest BCUT2D eigenvalue weighted by molar-refractivity contribution is 7.89. The zero-order chi connectivity index (χ0) is 16.2. The molecule has 0 saturated heterocycles. The van der Waals surface area contributed by atoms with Crippen LogP contribution in [0.5, 0.6) is 0 Å². The van der Waals surface area contributed by atoms with E-state index in [4.69, 9.17) is 14.6 Å². The van der Waals surface area contributed by atoms with Crippen molar-refractivity contribution in [2.45, 2.75) is 44.6 Å². The number of aromatic nitrogens is 2. The number of nitrogens with one attached hydrogen (secondary N) is 1. The SMILES string of the molecule is CCOCC(C)OC(=O)c1n[nH]c(C(C)C)c1S(N)(=O)=O. The molecule has 1 heterocycles. The standard InChI is InChI=1S/C12H21N3O5S/c1-5-19-6-8(4)20-12(16)10-11(21(13,17)18)9(7(2)3)14-15-10/h7-8H,5-6H2,1-4H3,(H,14,15)(H2,13,17,18). The van der Waals surface area contributed by atoms with Gasteiger partial charge in [-0.1, -0.05) is 13.8 Å². The van der Waals surface area contributed by atoms with Gasteiger partial charge in [0.15, 0.2) is 5.69 Å². The second kappa shape index (κ2) is 7.01. The molecule has 1 rings (SSSR count). The molecule has 0 fully saturated rings. The van der Waals surface area contributed by atoms with Crippen molar-refractivity contribution in [2.24, 2.45) is 5.14 Å². The minimum Gasteiger partial charge on any atom is -0.455 e. The number of carbonyl (C=O) groups excluding carboxylic acids is 1. The minimum atomic E-state index is -4.09. The van der Waals surface area contributed by atoms with Crippen LogP contribution in [0.4, 0.5) is 0 Å². The highest BCUT2D eigenvalue weighted by Gasteiger charge is 2.30. The highest BCUT2D eigenvalue weighted by atomic mass is 32.2. The molecule has 1 atom stereocenters. The average molecular weight is 319 g/mol. The summed E-state index contributed by atoms with van der Waals surface area (Å²) in [6.07, 6.45) is -0.523. The summed E-state index contributed by atoms with van der Waals surface area (Å²) in [4.78, 5) is 11.7. The van der Waals surface area contributed by atoms with Crippen LogP contribution in [0.1, 0.15) is 49.8 Å². The van der Waals surface area contributed by atoms with Crippen LogP contribution in [0.2, 0.25) is 0 Å². The van der Waals surface area contributed by atoms with E-state index in [1.165, 1.54) is 0 Å². The van der Waals surface area contributed by atoms with Crippen molar-refractivity contribution in [1.29, 1.82) is 0 Å². The molecule has 8 nitrogen and oxygen atoms in total. The summed E-state index contributed by atoms with van der Waals surface area (Å²) >= 11 is 0. The number of hydrogen-bond donors (Lipinski definition) is 2. The van der Waals surface area contributed by atoms with Crippen molar-refractivity contribution in [3.05, 3.63) is 11.4 Å². The number of sulfonamides is 1. The molecule has 21 heavy (non-hydrogen) atoms. The Morgan fingerprint density at radius 2 is 2.00 bits per heavy atom. The zero-order valence-electron chi connectivity index (χ0n) is 12.5. The van der Waals surface area contributed by atoms with Gasteiger partial charge in [-0.3, -0.25) is 5.10 Å². The van der Waals surface area contributed by atoms with Gasteiger partial charge in [-0.2, -0.15) is 5.10 Å². The predicted octanol–water partition coefficient (Wildman–Crippen LogP) is 0.762. The van der Waals surface area contributed by atoms with Crippen LogP contribution in [0.25, 0.3) is 0 Å². The molecule has 0 spiro atoms. The molecule has 0 bridgehead atoms. The van der Waals surface area contributed by atoms with Crippen LogP contribution in [0, 0.1) is 0 Å². The van der Waals surface area contributed by atoms with E-state index in [0.717, 1.165) is 0 Å². The summed E-state index contributed by atoms with van der Waals surface area (Å²) in [5, 5.41) is 11.4. The molecule has 0 aliphatic carbocycles. The summed E-state index contributed by atoms with van der Waals surface area (Å²) < 4.78 is 33.6. The lowest BCUT2D eigenvalue weighted by molar-refractivity contribution is 0.00352. The molecule has 1 aromatic rings. The molecule has 3 N–H and O–H groups in total. The average Bonchev–Trinajstić information content (AvgIpc) is 2.81. The number of H-pyrrole nitrogens is 1. The summed E-state index contributed by atoms with van der Waals surface area (Å²) in [5.41, 5.74) is -0.0496. The van der Waals surface area contributed by atoms with Gasteiger partial charge in [-0.25, -0.2) is 18.4 Å². The predicted molar refractivity (Wildman–Crippen MR) is 75.4 cm³/mol. The Hall–Kier alpha value is -1.45. The first-order valence-electron chi connectivity index (χ1n) is 6.58. The largest absolute Gasteiger partial charge is 0.455 e. The van der Waals surface area contributed by atoms with Crippen molar-refractivity contribution in [3.63, 3.8) is 0 Å². The molecular formula is C12H21N3O5S. The maximum Gasteiger partial charge on any atom is 0.360 e. The van der Waals surface area contributed by atoms with Crippen LogP contribution in [-0.2, 0) is 19.5 Å². The molecular weight excluding hydrogens is 298 g/mol. The molecule has 9 heteroatoms. The smallest absolute Gasteiger partial charge is 0.360 e. The van der Waals surface area contributed by atoms with Crippen molar-refractivity contribution in [3.8, 4) is 0 Å². The Labute approximate surface area is 124 Å². The second-order valence-electron chi connectivity index (χ2n) is 4.89. The number of primary sulfonamides is 1. The van der Waals surface area contributed by atoms with Gasteiger partial charge in [-0.05, 0) is 19.8 Å². The lowest BCUT2D eigenvalue weighted by atomic mass is 10.1. The van der Waals surface area contributed by atoms with Gasteiger partial charge in [0, 0.05) is 6.61 Å². The second-order valence-corrected chi connectivity index (χ2v) is 6.39. The zero-order valence-corrected chi connectivity index (χ0v) is 13.4. The Morgan fingerprint density at radius 1 is 1.38 bits per heavy atom. The molecule has 1 aromatic heterocycles. The third-order valence-electron chi connectivity index (χ3n) is 2.67. The third-order valence-corrected chi connectivity index (χ3v) is 3.65. The van der Waals surface area contributed by atoms with Crippen molar-refractivity contribution in [2.75, 3.05) is 13.2 Å². The first-order chi connectivity index (χ1) is 9.68. The van der Waals surface area contributed by atoms with Crippen molar-refractivity contribution < 1.29 is 22.7 Å². The number of rotatable bonds is 7. The number of ether oxygens (including phenoxy) is 2. The molecule has 0 aromatic carbocycles. The van der Waals surface area contributed by atoms with Gasteiger partial charge in [0.05, 0.1) is 12.3 Å². The van der Waals surface area contributed by atoms with Gasteiger partial charge >= 0.3 is 5.97 Å². The molecule has 120 valence electrons. The molecule has 0 aliphatic heterocycles. The first kappa shape index (κ1) is 17.6. The van der Waals surface area contributed by atoms with E-state index in [1.54, 1.807) is 20.8 Å². The Kier molecular flexibility index (Phi) is 5.87. The van der Waals surface area contributed by atoms with Crippen molar-refractivity contribution >= 4 is 16.0 Å². The van der Waals surface area contributed by atoms with E-state index < -0.39 is 22.1 Å². The third kappa shape index (κ3) is 4.51. The molecule has 0 aliphatic rings. The summed E-state index contributed by atoms with van der Waals surface area (Å²) in [5.74, 6) is -1.04.